The fourth-order valence-corrected chi connectivity index (χ4v) is 3.51. The molecule has 1 amide bonds. The Morgan fingerprint density at radius 3 is 2.66 bits per heavy atom. The minimum Gasteiger partial charge on any atom is -0.480 e. The molecule has 1 unspecified atom stereocenters. The van der Waals surface area contributed by atoms with Gasteiger partial charge in [0, 0.05) is 38.0 Å². The van der Waals surface area contributed by atoms with E-state index >= 15 is 0 Å². The van der Waals surface area contributed by atoms with E-state index in [0.717, 1.165) is 23.0 Å². The summed E-state index contributed by atoms with van der Waals surface area (Å²) < 4.78 is 5.87. The first-order valence-corrected chi connectivity index (χ1v) is 11.5. The molecule has 0 saturated heterocycles. The van der Waals surface area contributed by atoms with Gasteiger partial charge in [0.25, 0.3) is 0 Å². The van der Waals surface area contributed by atoms with Crippen molar-refractivity contribution in [2.24, 2.45) is 10.7 Å². The summed E-state index contributed by atoms with van der Waals surface area (Å²) in [6.45, 7) is 1.31. The molecule has 1 aliphatic heterocycles. The summed E-state index contributed by atoms with van der Waals surface area (Å²) in [5, 5.41) is 27.1. The molecule has 2 aromatic rings. The van der Waals surface area contributed by atoms with Crippen LogP contribution in [0.4, 0.5) is 17.2 Å². The van der Waals surface area contributed by atoms with Crippen LogP contribution >= 0.6 is 11.8 Å². The number of anilines is 2. The normalized spacial score (nSPS) is 13.4. The van der Waals surface area contributed by atoms with E-state index in [4.69, 9.17) is 10.5 Å². The molecule has 35 heavy (non-hydrogen) atoms. The number of carbonyl (C=O) groups is 2. The number of primary amides is 1. The molecule has 1 aliphatic rings. The molecule has 0 fully saturated rings. The van der Waals surface area contributed by atoms with Gasteiger partial charge in [0.15, 0.2) is 5.16 Å². The van der Waals surface area contributed by atoms with Gasteiger partial charge in [-0.05, 0) is 18.4 Å². The first-order valence-electron chi connectivity index (χ1n) is 10.3. The molecule has 1 aromatic carbocycles. The largest absolute Gasteiger partial charge is 0.480 e. The Morgan fingerprint density at radius 2 is 2.11 bits per heavy atom. The maximum atomic E-state index is 12.0. The number of aliphatic carboxylic acids is 1. The predicted molar refractivity (Wildman–Crippen MR) is 130 cm³/mol. The molecule has 3 rings (SSSR count). The van der Waals surface area contributed by atoms with Crippen LogP contribution in [-0.2, 0) is 9.59 Å². The molecule has 0 radical (unpaired) electrons. The standard InChI is InChI=1S/C20H24N8O6S/c1-27(2)11-6-10(16-22-4-5-23-16)7-12(8-11)34-18-15(28(32)33)17(25-20(26-18)35-3)24-13(19(30)31)9-14(21)29/h6-8,13H,4-5,9H2,1-3H3,(H2,21,29)(H,22,23)(H,30,31)(H,24,25,26). The van der Waals surface area contributed by atoms with Gasteiger partial charge in [-0.1, -0.05) is 11.8 Å². The second-order valence-corrected chi connectivity index (χ2v) is 8.32. The second-order valence-electron chi connectivity index (χ2n) is 7.54. The van der Waals surface area contributed by atoms with Crippen molar-refractivity contribution in [3.63, 3.8) is 0 Å². The minimum atomic E-state index is -1.54. The Bertz CT molecular complexity index is 1190. The lowest BCUT2D eigenvalue weighted by atomic mass is 10.1. The van der Waals surface area contributed by atoms with Crippen LogP contribution in [-0.4, -0.2) is 77.2 Å². The molecule has 5 N–H and O–H groups in total. The van der Waals surface area contributed by atoms with Crippen molar-refractivity contribution < 1.29 is 24.4 Å². The van der Waals surface area contributed by atoms with Crippen LogP contribution < -0.4 is 26.0 Å². The van der Waals surface area contributed by atoms with Gasteiger partial charge < -0.3 is 31.1 Å². The molecular weight excluding hydrogens is 480 g/mol. The Balaban J connectivity index is 2.09. The van der Waals surface area contributed by atoms with E-state index < -0.39 is 46.6 Å². The van der Waals surface area contributed by atoms with Crippen LogP contribution in [0, 0.1) is 10.1 Å². The number of nitrogens with zero attached hydrogens (tertiary/aromatic N) is 5. The highest BCUT2D eigenvalue weighted by atomic mass is 32.2. The molecule has 14 nitrogen and oxygen atoms in total. The molecule has 0 spiro atoms. The highest BCUT2D eigenvalue weighted by molar-refractivity contribution is 7.98. The van der Waals surface area contributed by atoms with E-state index in [1.807, 2.05) is 25.1 Å². The zero-order chi connectivity index (χ0) is 25.7. The van der Waals surface area contributed by atoms with Gasteiger partial charge in [-0.15, -0.1) is 0 Å². The van der Waals surface area contributed by atoms with Gasteiger partial charge in [-0.3, -0.25) is 19.9 Å². The van der Waals surface area contributed by atoms with Crippen molar-refractivity contribution in [3.05, 3.63) is 33.9 Å². The van der Waals surface area contributed by atoms with Crippen LogP contribution in [0.25, 0.3) is 0 Å². The van der Waals surface area contributed by atoms with Crippen LogP contribution in [0.3, 0.4) is 0 Å². The zero-order valence-corrected chi connectivity index (χ0v) is 20.0. The van der Waals surface area contributed by atoms with Crippen molar-refractivity contribution >= 4 is 46.7 Å². The number of hydrogen-bond donors (Lipinski definition) is 4. The fourth-order valence-electron chi connectivity index (χ4n) is 3.15. The lowest BCUT2D eigenvalue weighted by molar-refractivity contribution is -0.385. The molecule has 1 aromatic heterocycles. The van der Waals surface area contributed by atoms with E-state index in [1.54, 1.807) is 18.4 Å². The summed E-state index contributed by atoms with van der Waals surface area (Å²) in [6.07, 6.45) is 1.03. The van der Waals surface area contributed by atoms with Crippen molar-refractivity contribution in [1.29, 1.82) is 0 Å². The molecule has 0 aliphatic carbocycles. The number of aromatic nitrogens is 2. The smallest absolute Gasteiger partial charge is 0.373 e. The zero-order valence-electron chi connectivity index (χ0n) is 19.1. The lowest BCUT2D eigenvalue weighted by Gasteiger charge is -2.17. The maximum absolute atomic E-state index is 12.0. The van der Waals surface area contributed by atoms with Crippen molar-refractivity contribution in [3.8, 4) is 11.6 Å². The monoisotopic (exact) mass is 504 g/mol. The number of hydrogen-bond acceptors (Lipinski definition) is 12. The van der Waals surface area contributed by atoms with Gasteiger partial charge in [0.2, 0.25) is 11.7 Å². The number of benzene rings is 1. The number of carbonyl (C=O) groups excluding carboxylic acids is 1. The summed E-state index contributed by atoms with van der Waals surface area (Å²) in [6, 6.07) is 3.68. The summed E-state index contributed by atoms with van der Waals surface area (Å²) >= 11 is 1.07. The number of nitro groups is 1. The summed E-state index contributed by atoms with van der Waals surface area (Å²) in [5.41, 5.74) is 5.90. The van der Waals surface area contributed by atoms with E-state index in [-0.39, 0.29) is 10.9 Å². The molecular formula is C20H24N8O6S. The van der Waals surface area contributed by atoms with Gasteiger partial charge in [-0.2, -0.15) is 9.97 Å². The summed E-state index contributed by atoms with van der Waals surface area (Å²) in [7, 11) is 3.66. The number of rotatable bonds is 11. The lowest BCUT2D eigenvalue weighted by Crippen LogP contribution is -2.34. The van der Waals surface area contributed by atoms with Gasteiger partial charge in [-0.25, -0.2) is 4.79 Å². The third-order valence-corrected chi connectivity index (χ3v) is 5.33. The second kappa shape index (κ2) is 10.9. The Labute approximate surface area is 204 Å². The van der Waals surface area contributed by atoms with Crippen molar-refractivity contribution in [1.82, 2.24) is 15.3 Å². The number of amidine groups is 1. The quantitative estimate of drug-likeness (QED) is 0.147. The number of carboxylic acid groups (broad SMARTS) is 1. The Hall–Kier alpha value is -4.14. The minimum absolute atomic E-state index is 0.0853. The average molecular weight is 505 g/mol. The molecule has 186 valence electrons. The van der Waals surface area contributed by atoms with Crippen LogP contribution in [0.1, 0.15) is 12.0 Å². The van der Waals surface area contributed by atoms with Crippen LogP contribution in [0.5, 0.6) is 11.6 Å². The first kappa shape index (κ1) is 25.5. The average Bonchev–Trinajstić information content (AvgIpc) is 3.32. The molecule has 2 heterocycles. The van der Waals surface area contributed by atoms with E-state index in [9.17, 15) is 24.8 Å². The molecule has 0 saturated carbocycles. The van der Waals surface area contributed by atoms with Crippen molar-refractivity contribution in [2.75, 3.05) is 43.7 Å². The fraction of sp³-hybridized carbons (Fsp3) is 0.350. The first-order chi connectivity index (χ1) is 16.6. The number of thioether (sulfide) groups is 1. The number of ether oxygens (including phenoxy) is 1. The number of amides is 1. The Morgan fingerprint density at radius 1 is 1.37 bits per heavy atom. The van der Waals surface area contributed by atoms with Crippen LogP contribution in [0.2, 0.25) is 0 Å². The van der Waals surface area contributed by atoms with E-state index in [1.165, 1.54) is 0 Å². The highest BCUT2D eigenvalue weighted by Crippen LogP contribution is 2.38. The molecule has 15 heteroatoms. The van der Waals surface area contributed by atoms with E-state index in [2.05, 4.69) is 25.6 Å². The number of nitrogens with one attached hydrogen (secondary N) is 2. The molecule has 0 bridgehead atoms. The maximum Gasteiger partial charge on any atom is 0.373 e. The summed E-state index contributed by atoms with van der Waals surface area (Å²) in [5.74, 6) is -2.24. The predicted octanol–water partition coefficient (Wildman–Crippen LogP) is 1.06. The highest BCUT2D eigenvalue weighted by Gasteiger charge is 2.31. The third-order valence-electron chi connectivity index (χ3n) is 4.78. The van der Waals surface area contributed by atoms with Gasteiger partial charge in [0.1, 0.15) is 17.6 Å². The number of carboxylic acids is 1. The SMILES string of the molecule is CSc1nc(NC(CC(N)=O)C(=O)O)c([N+](=O)[O-])c(Oc2cc(C3=NCCN3)cc(N(C)C)c2)n1. The van der Waals surface area contributed by atoms with Gasteiger partial charge in [0.05, 0.1) is 17.9 Å². The third kappa shape index (κ3) is 6.26. The number of aliphatic imine (C=N–C) groups is 1. The molecule has 1 atom stereocenters. The summed E-state index contributed by atoms with van der Waals surface area (Å²) in [4.78, 5) is 48.5. The van der Waals surface area contributed by atoms with E-state index in [0.29, 0.717) is 18.9 Å². The van der Waals surface area contributed by atoms with Crippen molar-refractivity contribution in [2.45, 2.75) is 17.6 Å². The Kier molecular flexibility index (Phi) is 7.91. The topological polar surface area (TPSA) is 198 Å². The van der Waals surface area contributed by atoms with Gasteiger partial charge >= 0.3 is 17.5 Å². The number of nitrogens with two attached hydrogens (primary N) is 1. The van der Waals surface area contributed by atoms with Crippen LogP contribution in [0.15, 0.2) is 28.3 Å².